The smallest absolute Gasteiger partial charge is 0.276 e. The molecule has 6 nitrogen and oxygen atoms in total. The van der Waals surface area contributed by atoms with E-state index in [9.17, 15) is 9.18 Å². The number of ether oxygens (including phenoxy) is 2. The van der Waals surface area contributed by atoms with E-state index in [-0.39, 0.29) is 17.9 Å². The molecule has 0 spiro atoms. The maximum Gasteiger partial charge on any atom is 0.276 e. The molecule has 142 valence electrons. The highest BCUT2D eigenvalue weighted by atomic mass is 19.1. The zero-order chi connectivity index (χ0) is 19.7. The minimum atomic E-state index is -0.339. The summed E-state index contributed by atoms with van der Waals surface area (Å²) in [5, 5.41) is 4.47. The summed E-state index contributed by atoms with van der Waals surface area (Å²) >= 11 is 0. The van der Waals surface area contributed by atoms with Crippen LogP contribution in [-0.4, -0.2) is 28.4 Å². The number of rotatable bonds is 5. The van der Waals surface area contributed by atoms with Crippen LogP contribution < -0.4 is 15.0 Å². The van der Waals surface area contributed by atoms with Crippen molar-refractivity contribution >= 4 is 5.52 Å². The first-order chi connectivity index (χ1) is 13.6. The molecule has 2 aromatic carbocycles. The number of methoxy groups -OCH3 is 2. The quantitative estimate of drug-likeness (QED) is 0.534. The summed E-state index contributed by atoms with van der Waals surface area (Å²) in [4.78, 5) is 12.8. The number of hydrogen-bond acceptors (Lipinski definition) is 4. The lowest BCUT2D eigenvalue weighted by Crippen LogP contribution is -2.22. The molecule has 0 unspecified atom stereocenters. The van der Waals surface area contributed by atoms with E-state index in [1.807, 2.05) is 6.07 Å². The van der Waals surface area contributed by atoms with Gasteiger partial charge in [-0.05, 0) is 30.3 Å². The summed E-state index contributed by atoms with van der Waals surface area (Å²) < 4.78 is 27.5. The van der Waals surface area contributed by atoms with Crippen LogP contribution in [0.25, 0.3) is 16.8 Å². The average Bonchev–Trinajstić information content (AvgIpc) is 3.16. The first kappa shape index (κ1) is 17.8. The van der Waals surface area contributed by atoms with Gasteiger partial charge in [0.15, 0.2) is 11.5 Å². The van der Waals surface area contributed by atoms with E-state index in [1.54, 1.807) is 63.0 Å². The molecular formula is C21H18FN3O3. The highest BCUT2D eigenvalue weighted by Crippen LogP contribution is 2.31. The molecule has 4 aromatic rings. The molecule has 0 saturated carbocycles. The van der Waals surface area contributed by atoms with Crippen LogP contribution in [0.2, 0.25) is 0 Å². The fourth-order valence-electron chi connectivity index (χ4n) is 3.10. The Kier molecular flexibility index (Phi) is 4.57. The Labute approximate surface area is 160 Å². The molecule has 7 heteroatoms. The number of hydrogen-bond donors (Lipinski definition) is 0. The van der Waals surface area contributed by atoms with Gasteiger partial charge in [-0.1, -0.05) is 18.2 Å². The van der Waals surface area contributed by atoms with Crippen molar-refractivity contribution in [3.05, 3.63) is 82.7 Å². The summed E-state index contributed by atoms with van der Waals surface area (Å²) in [5.41, 5.74) is 2.03. The Balaban J connectivity index is 1.75. The second-order valence-electron chi connectivity index (χ2n) is 6.25. The third-order valence-corrected chi connectivity index (χ3v) is 4.58. The van der Waals surface area contributed by atoms with Gasteiger partial charge in [-0.2, -0.15) is 5.10 Å². The van der Waals surface area contributed by atoms with E-state index < -0.39 is 0 Å². The van der Waals surface area contributed by atoms with Gasteiger partial charge >= 0.3 is 0 Å². The van der Waals surface area contributed by atoms with Crippen LogP contribution >= 0.6 is 0 Å². The predicted octanol–water partition coefficient (Wildman–Crippen LogP) is 3.37. The van der Waals surface area contributed by atoms with E-state index in [1.165, 1.54) is 15.1 Å². The number of halogens is 1. The van der Waals surface area contributed by atoms with E-state index in [0.717, 1.165) is 5.56 Å². The van der Waals surface area contributed by atoms with Gasteiger partial charge in [0, 0.05) is 23.5 Å². The van der Waals surface area contributed by atoms with Crippen molar-refractivity contribution in [2.45, 2.75) is 6.54 Å². The highest BCUT2D eigenvalue weighted by molar-refractivity contribution is 5.68. The number of fused-ring (bicyclic) bond motifs is 1. The maximum absolute atomic E-state index is 13.9. The molecule has 0 N–H and O–H groups in total. The lowest BCUT2D eigenvalue weighted by atomic mass is 10.1. The van der Waals surface area contributed by atoms with E-state index >= 15 is 0 Å². The van der Waals surface area contributed by atoms with Crippen molar-refractivity contribution in [1.29, 1.82) is 0 Å². The van der Waals surface area contributed by atoms with Gasteiger partial charge in [-0.15, -0.1) is 0 Å². The van der Waals surface area contributed by atoms with Crippen molar-refractivity contribution in [2.75, 3.05) is 14.2 Å². The molecule has 0 aliphatic rings. The van der Waals surface area contributed by atoms with Gasteiger partial charge in [0.25, 0.3) is 5.56 Å². The molecule has 2 heterocycles. The molecule has 4 rings (SSSR count). The predicted molar refractivity (Wildman–Crippen MR) is 103 cm³/mol. The summed E-state index contributed by atoms with van der Waals surface area (Å²) in [6.07, 6.45) is 3.29. The fraction of sp³-hybridized carbons (Fsp3) is 0.143. The summed E-state index contributed by atoms with van der Waals surface area (Å²) in [7, 11) is 3.13. The Morgan fingerprint density at radius 3 is 2.54 bits per heavy atom. The zero-order valence-corrected chi connectivity index (χ0v) is 15.4. The largest absolute Gasteiger partial charge is 0.493 e. The van der Waals surface area contributed by atoms with Crippen LogP contribution in [0.4, 0.5) is 4.39 Å². The second kappa shape index (κ2) is 7.19. The summed E-state index contributed by atoms with van der Waals surface area (Å²) in [6, 6.07) is 13.6. The molecule has 2 aromatic heterocycles. The van der Waals surface area contributed by atoms with Gasteiger partial charge in [-0.25, -0.2) is 8.91 Å². The summed E-state index contributed by atoms with van der Waals surface area (Å²) in [6.45, 7) is 0.152. The molecule has 0 aliphatic carbocycles. The molecule has 0 atom stereocenters. The number of aromatic nitrogens is 3. The third kappa shape index (κ3) is 3.11. The SMILES string of the molecule is COc1ccc(-c2cc3c(=O)n(Cc4ccccc4F)ccn3n2)cc1OC. The molecular weight excluding hydrogens is 361 g/mol. The molecule has 0 bridgehead atoms. The highest BCUT2D eigenvalue weighted by Gasteiger charge is 2.12. The maximum atomic E-state index is 13.9. The molecule has 28 heavy (non-hydrogen) atoms. The summed E-state index contributed by atoms with van der Waals surface area (Å²) in [5.74, 6) is 0.852. The van der Waals surface area contributed by atoms with E-state index in [4.69, 9.17) is 9.47 Å². The third-order valence-electron chi connectivity index (χ3n) is 4.58. The van der Waals surface area contributed by atoms with E-state index in [0.29, 0.717) is 28.3 Å². The van der Waals surface area contributed by atoms with Crippen molar-refractivity contribution in [3.8, 4) is 22.8 Å². The lowest BCUT2D eigenvalue weighted by Gasteiger charge is -2.08. The topological polar surface area (TPSA) is 57.8 Å². The van der Waals surface area contributed by atoms with Gasteiger partial charge in [0.05, 0.1) is 26.5 Å². The minimum Gasteiger partial charge on any atom is -0.493 e. The Morgan fingerprint density at radius 2 is 1.79 bits per heavy atom. The Hall–Kier alpha value is -3.61. The van der Waals surface area contributed by atoms with Gasteiger partial charge in [-0.3, -0.25) is 4.79 Å². The molecule has 0 radical (unpaired) electrons. The molecule has 0 fully saturated rings. The van der Waals surface area contributed by atoms with Gasteiger partial charge in [0.1, 0.15) is 11.3 Å². The number of nitrogens with zero attached hydrogens (tertiary/aromatic N) is 3. The minimum absolute atomic E-state index is 0.152. The van der Waals surface area contributed by atoms with Crippen LogP contribution in [-0.2, 0) is 6.54 Å². The first-order valence-electron chi connectivity index (χ1n) is 8.65. The monoisotopic (exact) mass is 379 g/mol. The Morgan fingerprint density at radius 1 is 1.00 bits per heavy atom. The van der Waals surface area contributed by atoms with Crippen LogP contribution in [0.5, 0.6) is 11.5 Å². The molecule has 0 amide bonds. The second-order valence-corrected chi connectivity index (χ2v) is 6.25. The van der Waals surface area contributed by atoms with Crippen LogP contribution in [0.3, 0.4) is 0 Å². The normalized spacial score (nSPS) is 11.0. The van der Waals surface area contributed by atoms with Crippen LogP contribution in [0.1, 0.15) is 5.56 Å². The Bertz CT molecular complexity index is 1210. The van der Waals surface area contributed by atoms with Crippen molar-refractivity contribution in [2.24, 2.45) is 0 Å². The van der Waals surface area contributed by atoms with Crippen LogP contribution in [0.15, 0.2) is 65.7 Å². The fourth-order valence-corrected chi connectivity index (χ4v) is 3.10. The average molecular weight is 379 g/mol. The molecule has 0 saturated heterocycles. The van der Waals surface area contributed by atoms with Crippen LogP contribution in [0, 0.1) is 5.82 Å². The lowest BCUT2D eigenvalue weighted by molar-refractivity contribution is 0.355. The van der Waals surface area contributed by atoms with Gasteiger partial charge in [0.2, 0.25) is 0 Å². The zero-order valence-electron chi connectivity index (χ0n) is 15.4. The standard InChI is InChI=1S/C21H18FN3O3/c1-27-19-8-7-14(11-20(19)28-2)17-12-18-21(26)24(9-10-25(18)23-17)13-15-5-3-4-6-16(15)22/h3-12H,13H2,1-2H3. The van der Waals surface area contributed by atoms with Crippen molar-refractivity contribution in [1.82, 2.24) is 14.2 Å². The molecule has 0 aliphatic heterocycles. The van der Waals surface area contributed by atoms with Crippen molar-refractivity contribution < 1.29 is 13.9 Å². The van der Waals surface area contributed by atoms with Crippen molar-refractivity contribution in [3.63, 3.8) is 0 Å². The first-order valence-corrected chi connectivity index (χ1v) is 8.65. The van der Waals surface area contributed by atoms with E-state index in [2.05, 4.69) is 5.10 Å². The number of benzene rings is 2. The van der Waals surface area contributed by atoms with Gasteiger partial charge < -0.3 is 14.0 Å².